The lowest BCUT2D eigenvalue weighted by atomic mass is 10.1. The fourth-order valence-corrected chi connectivity index (χ4v) is 3.61. The lowest BCUT2D eigenvalue weighted by molar-refractivity contribution is 0.0964. The smallest absolute Gasteiger partial charge is 0.157 e. The largest absolute Gasteiger partial charge is 0.486 e. The van der Waals surface area contributed by atoms with Gasteiger partial charge in [0, 0.05) is 24.6 Å². The lowest BCUT2D eigenvalue weighted by Gasteiger charge is -2.41. The maximum Gasteiger partial charge on any atom is 0.157 e. The third-order valence-electron chi connectivity index (χ3n) is 5.10. The van der Waals surface area contributed by atoms with Gasteiger partial charge in [0.1, 0.15) is 17.7 Å². The van der Waals surface area contributed by atoms with E-state index in [0.717, 1.165) is 56.0 Å². The van der Waals surface area contributed by atoms with Gasteiger partial charge in [0.2, 0.25) is 0 Å². The zero-order valence-electron chi connectivity index (χ0n) is 15.2. The second kappa shape index (κ2) is 6.96. The van der Waals surface area contributed by atoms with Gasteiger partial charge in [0.05, 0.1) is 25.0 Å². The van der Waals surface area contributed by atoms with Gasteiger partial charge in [-0.15, -0.1) is 0 Å². The number of rotatable bonds is 5. The molecule has 2 aliphatic rings. The van der Waals surface area contributed by atoms with E-state index >= 15 is 0 Å². The SMILES string of the molecule is C=CC(C)=C(C=C)OC1CN(c2c3c(nc4ccnn24)CCNCC3)C1. The van der Waals surface area contributed by atoms with Crippen LogP contribution in [-0.2, 0) is 17.6 Å². The van der Waals surface area contributed by atoms with Crippen molar-refractivity contribution >= 4 is 11.5 Å². The van der Waals surface area contributed by atoms with Crippen LogP contribution in [0.15, 0.2) is 48.9 Å². The van der Waals surface area contributed by atoms with E-state index in [0.29, 0.717) is 0 Å². The van der Waals surface area contributed by atoms with Gasteiger partial charge < -0.3 is 15.0 Å². The predicted octanol–water partition coefficient (Wildman–Crippen LogP) is 2.27. The number of anilines is 1. The molecule has 0 amide bonds. The van der Waals surface area contributed by atoms with Gasteiger partial charge in [-0.3, -0.25) is 0 Å². The number of nitrogens with one attached hydrogen (secondary N) is 1. The Morgan fingerprint density at radius 3 is 2.85 bits per heavy atom. The van der Waals surface area contributed by atoms with Gasteiger partial charge in [-0.25, -0.2) is 4.98 Å². The molecule has 0 aromatic carbocycles. The van der Waals surface area contributed by atoms with Crippen molar-refractivity contribution in [2.75, 3.05) is 31.1 Å². The average Bonchev–Trinajstić information content (AvgIpc) is 2.96. The summed E-state index contributed by atoms with van der Waals surface area (Å²) >= 11 is 0. The Kier molecular flexibility index (Phi) is 4.51. The fraction of sp³-hybridized carbons (Fsp3) is 0.400. The summed E-state index contributed by atoms with van der Waals surface area (Å²) in [4.78, 5) is 7.17. The van der Waals surface area contributed by atoms with Crippen molar-refractivity contribution in [3.8, 4) is 0 Å². The van der Waals surface area contributed by atoms with E-state index < -0.39 is 0 Å². The van der Waals surface area contributed by atoms with Gasteiger partial charge in [-0.1, -0.05) is 19.2 Å². The lowest BCUT2D eigenvalue weighted by Crippen LogP contribution is -2.53. The van der Waals surface area contributed by atoms with Crippen LogP contribution >= 0.6 is 0 Å². The second-order valence-electron chi connectivity index (χ2n) is 6.81. The second-order valence-corrected chi connectivity index (χ2v) is 6.81. The third-order valence-corrected chi connectivity index (χ3v) is 5.10. The van der Waals surface area contributed by atoms with Crippen molar-refractivity contribution in [1.82, 2.24) is 19.9 Å². The van der Waals surface area contributed by atoms with Gasteiger partial charge in [0.15, 0.2) is 5.65 Å². The van der Waals surface area contributed by atoms with Crippen LogP contribution in [0.4, 0.5) is 5.82 Å². The molecule has 1 N–H and O–H groups in total. The highest BCUT2D eigenvalue weighted by Crippen LogP contribution is 2.31. The van der Waals surface area contributed by atoms with Crippen molar-refractivity contribution in [3.05, 3.63) is 60.2 Å². The molecule has 4 rings (SSSR count). The van der Waals surface area contributed by atoms with Crippen LogP contribution in [-0.4, -0.2) is 46.9 Å². The zero-order chi connectivity index (χ0) is 18.1. The summed E-state index contributed by atoms with van der Waals surface area (Å²) in [5.74, 6) is 1.98. The maximum absolute atomic E-state index is 6.09. The number of allylic oxidation sites excluding steroid dienone is 3. The third kappa shape index (κ3) is 2.90. The van der Waals surface area contributed by atoms with Crippen molar-refractivity contribution in [3.63, 3.8) is 0 Å². The van der Waals surface area contributed by atoms with Crippen molar-refractivity contribution in [2.24, 2.45) is 0 Å². The molecule has 6 nitrogen and oxygen atoms in total. The molecule has 1 fully saturated rings. The minimum atomic E-state index is 0.149. The molecule has 0 bridgehead atoms. The molecule has 2 aromatic heterocycles. The first-order chi connectivity index (χ1) is 12.7. The zero-order valence-corrected chi connectivity index (χ0v) is 15.2. The molecular weight excluding hydrogens is 326 g/mol. The number of nitrogens with zero attached hydrogens (tertiary/aromatic N) is 4. The molecule has 4 heterocycles. The molecule has 0 aliphatic carbocycles. The first kappa shape index (κ1) is 16.8. The number of hydrogen-bond donors (Lipinski definition) is 1. The Morgan fingerprint density at radius 2 is 2.08 bits per heavy atom. The highest BCUT2D eigenvalue weighted by molar-refractivity contribution is 5.59. The normalized spacial score (nSPS) is 18.6. The number of fused-ring (bicyclic) bond motifs is 2. The van der Waals surface area contributed by atoms with E-state index in [1.807, 2.05) is 23.7 Å². The van der Waals surface area contributed by atoms with E-state index in [1.165, 1.54) is 17.1 Å². The number of ether oxygens (including phenoxy) is 1. The quantitative estimate of drug-likeness (QED) is 0.662. The molecule has 1 saturated heterocycles. The highest BCUT2D eigenvalue weighted by atomic mass is 16.5. The summed E-state index contributed by atoms with van der Waals surface area (Å²) in [5.41, 5.74) is 4.43. The van der Waals surface area contributed by atoms with Crippen molar-refractivity contribution < 1.29 is 4.74 Å². The topological polar surface area (TPSA) is 54.7 Å². The fourth-order valence-electron chi connectivity index (χ4n) is 3.61. The summed E-state index contributed by atoms with van der Waals surface area (Å²) in [5, 5.41) is 7.98. The van der Waals surface area contributed by atoms with Crippen LogP contribution in [0.3, 0.4) is 0 Å². The first-order valence-corrected chi connectivity index (χ1v) is 9.15. The van der Waals surface area contributed by atoms with E-state index in [4.69, 9.17) is 9.72 Å². The molecule has 26 heavy (non-hydrogen) atoms. The molecule has 0 saturated carbocycles. The van der Waals surface area contributed by atoms with E-state index in [1.54, 1.807) is 12.2 Å². The maximum atomic E-state index is 6.09. The molecule has 2 aromatic rings. The molecule has 2 aliphatic heterocycles. The van der Waals surface area contributed by atoms with Crippen molar-refractivity contribution in [1.29, 1.82) is 0 Å². The van der Waals surface area contributed by atoms with Crippen LogP contribution in [0.1, 0.15) is 18.2 Å². The summed E-state index contributed by atoms with van der Waals surface area (Å²) in [6.07, 6.45) is 7.47. The standard InChI is InChI=1S/C20H25N5O/c1-4-14(3)18(5-2)26-15-12-24(13-15)20-16-6-9-21-10-7-17(16)23-19-8-11-22-25(19)20/h4-5,8,11,15,21H,1-2,6-7,9-10,12-13H2,3H3. The average molecular weight is 351 g/mol. The first-order valence-electron chi connectivity index (χ1n) is 9.15. The molecule has 0 atom stereocenters. The van der Waals surface area contributed by atoms with Gasteiger partial charge >= 0.3 is 0 Å². The summed E-state index contributed by atoms with van der Waals surface area (Å²) in [6, 6.07) is 1.97. The summed E-state index contributed by atoms with van der Waals surface area (Å²) in [6.45, 7) is 13.3. The molecule has 0 unspecified atom stereocenters. The monoisotopic (exact) mass is 351 g/mol. The van der Waals surface area contributed by atoms with Crippen LogP contribution in [0.5, 0.6) is 0 Å². The Hall–Kier alpha value is -2.60. The van der Waals surface area contributed by atoms with Crippen LogP contribution in [0, 0.1) is 0 Å². The molecular formula is C20H25N5O. The number of hydrogen-bond acceptors (Lipinski definition) is 5. The molecule has 0 radical (unpaired) electrons. The van der Waals surface area contributed by atoms with E-state index in [-0.39, 0.29) is 6.10 Å². The van der Waals surface area contributed by atoms with E-state index in [2.05, 4.69) is 28.5 Å². The van der Waals surface area contributed by atoms with Gasteiger partial charge in [-0.2, -0.15) is 9.61 Å². The summed E-state index contributed by atoms with van der Waals surface area (Å²) < 4.78 is 8.07. The predicted molar refractivity (Wildman–Crippen MR) is 103 cm³/mol. The van der Waals surface area contributed by atoms with Crippen molar-refractivity contribution in [2.45, 2.75) is 25.9 Å². The van der Waals surface area contributed by atoms with Crippen LogP contribution in [0.25, 0.3) is 5.65 Å². The minimum Gasteiger partial charge on any atom is -0.486 e. The Bertz CT molecular complexity index is 876. The summed E-state index contributed by atoms with van der Waals surface area (Å²) in [7, 11) is 0. The number of aromatic nitrogens is 3. The minimum absolute atomic E-state index is 0.149. The van der Waals surface area contributed by atoms with Gasteiger partial charge in [0.25, 0.3) is 0 Å². The van der Waals surface area contributed by atoms with Gasteiger partial charge in [-0.05, 0) is 31.5 Å². The molecule has 136 valence electrons. The molecule has 0 spiro atoms. The van der Waals surface area contributed by atoms with Crippen LogP contribution in [0.2, 0.25) is 0 Å². The highest BCUT2D eigenvalue weighted by Gasteiger charge is 2.33. The Morgan fingerprint density at radius 1 is 1.27 bits per heavy atom. The Balaban J connectivity index is 1.61. The van der Waals surface area contributed by atoms with E-state index in [9.17, 15) is 0 Å². The Labute approximate surface area is 153 Å². The molecule has 6 heteroatoms. The van der Waals surface area contributed by atoms with Crippen LogP contribution < -0.4 is 10.2 Å².